The Morgan fingerprint density at radius 1 is 1.29 bits per heavy atom. The van der Waals surface area contributed by atoms with Gasteiger partial charge >= 0.3 is 12.1 Å². The van der Waals surface area contributed by atoms with E-state index in [1.54, 1.807) is 0 Å². The van der Waals surface area contributed by atoms with Gasteiger partial charge in [0.2, 0.25) is 11.8 Å². The Hall–Kier alpha value is -3.24. The highest BCUT2D eigenvalue weighted by Gasteiger charge is 2.39. The van der Waals surface area contributed by atoms with E-state index in [4.69, 9.17) is 4.42 Å². The minimum absolute atomic E-state index is 0.0554. The molecule has 1 aromatic carbocycles. The van der Waals surface area contributed by atoms with Crippen LogP contribution in [0.4, 0.5) is 18.9 Å². The highest BCUT2D eigenvalue weighted by Crippen LogP contribution is 2.32. The standard InChI is InChI=1S/C17H15F3N4O4/c18-17(19,20)16-22-21-15(28-16)12-2-1-9-23(10-12)14(25)8-5-11-3-6-13(7-4-11)24(26)27/h3-8,12H,1-2,9-10H2/b8-5+. The Bertz CT molecular complexity index is 893. The molecule has 0 saturated carbocycles. The van der Waals surface area contributed by atoms with Gasteiger partial charge in [0.15, 0.2) is 0 Å². The monoisotopic (exact) mass is 396 g/mol. The Morgan fingerprint density at radius 3 is 2.61 bits per heavy atom. The minimum Gasteiger partial charge on any atom is -0.417 e. The third kappa shape index (κ3) is 4.53. The van der Waals surface area contributed by atoms with Crippen molar-refractivity contribution >= 4 is 17.7 Å². The molecule has 0 aliphatic carbocycles. The second-order valence-electron chi connectivity index (χ2n) is 6.25. The molecule has 8 nitrogen and oxygen atoms in total. The molecule has 148 valence electrons. The number of non-ortho nitro benzene ring substituents is 1. The van der Waals surface area contributed by atoms with E-state index in [-0.39, 0.29) is 24.0 Å². The average Bonchev–Trinajstić information content (AvgIpc) is 3.17. The van der Waals surface area contributed by atoms with Crippen molar-refractivity contribution in [3.05, 3.63) is 57.8 Å². The van der Waals surface area contributed by atoms with Crippen LogP contribution in [0.25, 0.3) is 6.08 Å². The summed E-state index contributed by atoms with van der Waals surface area (Å²) in [6.45, 7) is 0.628. The molecule has 28 heavy (non-hydrogen) atoms. The molecule has 1 aromatic heterocycles. The lowest BCUT2D eigenvalue weighted by molar-refractivity contribution is -0.384. The minimum atomic E-state index is -4.71. The molecule has 2 aromatic rings. The van der Waals surface area contributed by atoms with Gasteiger partial charge in [-0.1, -0.05) is 0 Å². The number of nitro groups is 1. The van der Waals surface area contributed by atoms with Gasteiger partial charge in [-0.25, -0.2) is 0 Å². The van der Waals surface area contributed by atoms with Crippen LogP contribution in [-0.2, 0) is 11.0 Å². The number of halogens is 3. The second kappa shape index (κ2) is 7.79. The molecule has 1 fully saturated rings. The van der Waals surface area contributed by atoms with E-state index in [0.29, 0.717) is 24.9 Å². The van der Waals surface area contributed by atoms with Gasteiger partial charge in [0, 0.05) is 31.3 Å². The van der Waals surface area contributed by atoms with Gasteiger partial charge < -0.3 is 9.32 Å². The number of carbonyl (C=O) groups is 1. The zero-order chi connectivity index (χ0) is 20.3. The van der Waals surface area contributed by atoms with Gasteiger partial charge in [0.1, 0.15) is 0 Å². The molecular weight excluding hydrogens is 381 g/mol. The molecule has 1 unspecified atom stereocenters. The lowest BCUT2D eigenvalue weighted by Crippen LogP contribution is -2.38. The molecule has 0 bridgehead atoms. The van der Waals surface area contributed by atoms with Crippen molar-refractivity contribution in [3.8, 4) is 0 Å². The predicted molar refractivity (Wildman–Crippen MR) is 90.0 cm³/mol. The zero-order valence-corrected chi connectivity index (χ0v) is 14.4. The van der Waals surface area contributed by atoms with E-state index < -0.39 is 22.9 Å². The highest BCUT2D eigenvalue weighted by atomic mass is 19.4. The molecule has 2 heterocycles. The number of hydrogen-bond donors (Lipinski definition) is 0. The normalized spacial score (nSPS) is 17.8. The van der Waals surface area contributed by atoms with Crippen LogP contribution in [0.3, 0.4) is 0 Å². The number of aromatic nitrogens is 2. The molecule has 11 heteroatoms. The van der Waals surface area contributed by atoms with Crippen molar-refractivity contribution in [1.82, 2.24) is 15.1 Å². The summed E-state index contributed by atoms with van der Waals surface area (Å²) in [6.07, 6.45) is -0.744. The average molecular weight is 396 g/mol. The van der Waals surface area contributed by atoms with Crippen LogP contribution < -0.4 is 0 Å². The molecular formula is C17H15F3N4O4. The maximum absolute atomic E-state index is 12.6. The smallest absolute Gasteiger partial charge is 0.417 e. The first-order valence-electron chi connectivity index (χ1n) is 8.36. The molecule has 0 spiro atoms. The number of rotatable bonds is 4. The van der Waals surface area contributed by atoms with Crippen LogP contribution in [-0.4, -0.2) is 39.0 Å². The summed E-state index contributed by atoms with van der Waals surface area (Å²) in [7, 11) is 0. The summed E-state index contributed by atoms with van der Waals surface area (Å²) in [5.41, 5.74) is 0.555. The molecule has 0 radical (unpaired) electrons. The van der Waals surface area contributed by atoms with Gasteiger partial charge in [0.05, 0.1) is 10.8 Å². The fourth-order valence-corrected chi connectivity index (χ4v) is 2.87. The third-order valence-electron chi connectivity index (χ3n) is 4.29. The Morgan fingerprint density at radius 2 is 2.00 bits per heavy atom. The quantitative estimate of drug-likeness (QED) is 0.446. The Kier molecular flexibility index (Phi) is 5.43. The van der Waals surface area contributed by atoms with Gasteiger partial charge in [-0.2, -0.15) is 13.2 Å². The first kappa shape index (κ1) is 19.5. The molecule has 0 N–H and O–H groups in total. The van der Waals surface area contributed by atoms with Crippen molar-refractivity contribution in [1.29, 1.82) is 0 Å². The number of benzene rings is 1. The topological polar surface area (TPSA) is 102 Å². The van der Waals surface area contributed by atoms with E-state index >= 15 is 0 Å². The first-order chi connectivity index (χ1) is 13.2. The maximum atomic E-state index is 12.6. The predicted octanol–water partition coefficient (Wildman–Crippen LogP) is 3.42. The number of likely N-dealkylation sites (tertiary alicyclic amines) is 1. The fourth-order valence-electron chi connectivity index (χ4n) is 2.87. The number of nitrogens with zero attached hydrogens (tertiary/aromatic N) is 4. The third-order valence-corrected chi connectivity index (χ3v) is 4.29. The molecule has 1 atom stereocenters. The van der Waals surface area contributed by atoms with Crippen LogP contribution in [0.5, 0.6) is 0 Å². The van der Waals surface area contributed by atoms with Crippen LogP contribution in [0.15, 0.2) is 34.8 Å². The number of carbonyl (C=O) groups excluding carboxylic acids is 1. The van der Waals surface area contributed by atoms with Crippen molar-refractivity contribution in [2.45, 2.75) is 24.9 Å². The van der Waals surface area contributed by atoms with Gasteiger partial charge in [-0.15, -0.1) is 10.2 Å². The first-order valence-corrected chi connectivity index (χ1v) is 8.36. The van der Waals surface area contributed by atoms with Gasteiger partial charge in [0.25, 0.3) is 5.69 Å². The van der Waals surface area contributed by atoms with Crippen LogP contribution in [0.2, 0.25) is 0 Å². The van der Waals surface area contributed by atoms with E-state index in [0.717, 1.165) is 0 Å². The molecule has 1 saturated heterocycles. The maximum Gasteiger partial charge on any atom is 0.470 e. The molecule has 1 aliphatic heterocycles. The van der Waals surface area contributed by atoms with E-state index in [2.05, 4.69) is 10.2 Å². The van der Waals surface area contributed by atoms with E-state index in [1.165, 1.54) is 41.3 Å². The van der Waals surface area contributed by atoms with Gasteiger partial charge in [-0.05, 0) is 36.6 Å². The summed E-state index contributed by atoms with van der Waals surface area (Å²) >= 11 is 0. The summed E-state index contributed by atoms with van der Waals surface area (Å²) in [5, 5.41) is 17.1. The highest BCUT2D eigenvalue weighted by molar-refractivity contribution is 5.91. The SMILES string of the molecule is O=C(/C=C/c1ccc([N+](=O)[O-])cc1)N1CCCC(c2nnc(C(F)(F)F)o2)C1. The van der Waals surface area contributed by atoms with Gasteiger partial charge in [-0.3, -0.25) is 14.9 Å². The largest absolute Gasteiger partial charge is 0.470 e. The summed E-state index contributed by atoms with van der Waals surface area (Å²) in [4.78, 5) is 24.0. The van der Waals surface area contributed by atoms with Crippen molar-refractivity contribution < 1.29 is 27.3 Å². The zero-order valence-electron chi connectivity index (χ0n) is 14.4. The van der Waals surface area contributed by atoms with Crippen molar-refractivity contribution in [3.63, 3.8) is 0 Å². The lowest BCUT2D eigenvalue weighted by Gasteiger charge is -2.30. The summed E-state index contributed by atoms with van der Waals surface area (Å²) < 4.78 is 42.5. The van der Waals surface area contributed by atoms with Crippen LogP contribution in [0, 0.1) is 10.1 Å². The summed E-state index contributed by atoms with van der Waals surface area (Å²) in [6, 6.07) is 5.68. The van der Waals surface area contributed by atoms with Crippen LogP contribution >= 0.6 is 0 Å². The summed E-state index contributed by atoms with van der Waals surface area (Å²) in [5.74, 6) is -2.32. The Labute approximate surface area is 156 Å². The van der Waals surface area contributed by atoms with E-state index in [9.17, 15) is 28.1 Å². The number of alkyl halides is 3. The second-order valence-corrected chi connectivity index (χ2v) is 6.25. The van der Waals surface area contributed by atoms with Crippen LogP contribution in [0.1, 0.15) is 36.1 Å². The van der Waals surface area contributed by atoms with E-state index in [1.807, 2.05) is 0 Å². The number of amides is 1. The number of piperidine rings is 1. The molecule has 1 amide bonds. The number of nitro benzene ring substituents is 1. The molecule has 1 aliphatic rings. The molecule has 3 rings (SSSR count). The number of hydrogen-bond acceptors (Lipinski definition) is 6. The Balaban J connectivity index is 1.64. The van der Waals surface area contributed by atoms with Crippen molar-refractivity contribution in [2.24, 2.45) is 0 Å². The fraction of sp³-hybridized carbons (Fsp3) is 0.353. The van der Waals surface area contributed by atoms with Crippen molar-refractivity contribution in [2.75, 3.05) is 13.1 Å². The lowest BCUT2D eigenvalue weighted by atomic mass is 9.98.